The Bertz CT molecular complexity index is 401. The molecule has 0 aromatic heterocycles. The van der Waals surface area contributed by atoms with Gasteiger partial charge in [-0.2, -0.15) is 0 Å². The molecule has 3 rings (SSSR count). The number of hydrogen-bond acceptors (Lipinski definition) is 3. The fourth-order valence-corrected chi connectivity index (χ4v) is 3.23. The van der Waals surface area contributed by atoms with Gasteiger partial charge in [0.25, 0.3) is 0 Å². The van der Waals surface area contributed by atoms with Crippen molar-refractivity contribution >= 4 is 5.69 Å². The van der Waals surface area contributed by atoms with E-state index in [1.807, 2.05) is 0 Å². The van der Waals surface area contributed by atoms with E-state index in [0.29, 0.717) is 0 Å². The van der Waals surface area contributed by atoms with Crippen LogP contribution in [0.4, 0.5) is 5.69 Å². The van der Waals surface area contributed by atoms with Crippen LogP contribution in [-0.2, 0) is 6.42 Å². The molecule has 0 amide bonds. The predicted molar refractivity (Wildman–Crippen MR) is 74.0 cm³/mol. The zero-order valence-electron chi connectivity index (χ0n) is 10.8. The van der Waals surface area contributed by atoms with Crippen molar-refractivity contribution < 1.29 is 5.11 Å². The molecule has 0 saturated carbocycles. The minimum atomic E-state index is -0.212. The van der Waals surface area contributed by atoms with Crippen molar-refractivity contribution in [1.82, 2.24) is 5.32 Å². The smallest absolute Gasteiger partial charge is 0.0756 e. The van der Waals surface area contributed by atoms with Crippen LogP contribution in [0.2, 0.25) is 0 Å². The minimum absolute atomic E-state index is 0.212. The molecule has 1 fully saturated rings. The average molecular weight is 246 g/mol. The standard InChI is InChI=1S/C15H22N2O/c18-14-8-13-5-1-2-6-15(13)17(11-14)10-12-4-3-7-16-9-12/h1-2,5-6,12,14,16,18H,3-4,7-11H2. The molecule has 18 heavy (non-hydrogen) atoms. The van der Waals surface area contributed by atoms with Crippen molar-refractivity contribution in [1.29, 1.82) is 0 Å². The zero-order chi connectivity index (χ0) is 12.4. The van der Waals surface area contributed by atoms with Gasteiger partial charge in [0.15, 0.2) is 0 Å². The molecule has 2 atom stereocenters. The van der Waals surface area contributed by atoms with Gasteiger partial charge in [-0.15, -0.1) is 0 Å². The van der Waals surface area contributed by atoms with Crippen molar-refractivity contribution in [3.8, 4) is 0 Å². The van der Waals surface area contributed by atoms with Crippen LogP contribution >= 0.6 is 0 Å². The van der Waals surface area contributed by atoms with Gasteiger partial charge in [0.05, 0.1) is 6.10 Å². The van der Waals surface area contributed by atoms with Crippen LogP contribution in [0.5, 0.6) is 0 Å². The number of aliphatic hydroxyl groups excluding tert-OH is 1. The lowest BCUT2D eigenvalue weighted by molar-refractivity contribution is 0.172. The second-order valence-electron chi connectivity index (χ2n) is 5.60. The van der Waals surface area contributed by atoms with Gasteiger partial charge in [0.1, 0.15) is 0 Å². The fourth-order valence-electron chi connectivity index (χ4n) is 3.23. The predicted octanol–water partition coefficient (Wildman–Crippen LogP) is 1.41. The molecule has 98 valence electrons. The molecule has 2 aliphatic heterocycles. The normalized spacial score (nSPS) is 27.9. The van der Waals surface area contributed by atoms with Crippen molar-refractivity contribution in [2.75, 3.05) is 31.1 Å². The topological polar surface area (TPSA) is 35.5 Å². The first-order chi connectivity index (χ1) is 8.83. The summed E-state index contributed by atoms with van der Waals surface area (Å²) in [5, 5.41) is 13.5. The van der Waals surface area contributed by atoms with E-state index in [2.05, 4.69) is 34.5 Å². The molecule has 3 heteroatoms. The van der Waals surface area contributed by atoms with Crippen LogP contribution in [0.1, 0.15) is 18.4 Å². The molecule has 0 bridgehead atoms. The zero-order valence-corrected chi connectivity index (χ0v) is 10.8. The first kappa shape index (κ1) is 12.0. The van der Waals surface area contributed by atoms with E-state index in [-0.39, 0.29) is 6.10 Å². The Labute approximate surface area is 109 Å². The molecular weight excluding hydrogens is 224 g/mol. The summed E-state index contributed by atoms with van der Waals surface area (Å²) < 4.78 is 0. The third-order valence-corrected chi connectivity index (χ3v) is 4.10. The van der Waals surface area contributed by atoms with Crippen molar-refractivity contribution in [2.45, 2.75) is 25.4 Å². The summed E-state index contributed by atoms with van der Waals surface area (Å²) in [5.41, 5.74) is 2.62. The Kier molecular flexibility index (Phi) is 3.52. The quantitative estimate of drug-likeness (QED) is 0.828. The number of piperidine rings is 1. The van der Waals surface area contributed by atoms with Gasteiger partial charge >= 0.3 is 0 Å². The molecule has 2 unspecified atom stereocenters. The molecule has 1 saturated heterocycles. The van der Waals surface area contributed by atoms with E-state index in [4.69, 9.17) is 0 Å². The fraction of sp³-hybridized carbons (Fsp3) is 0.600. The number of aliphatic hydroxyl groups is 1. The lowest BCUT2D eigenvalue weighted by Gasteiger charge is -2.37. The van der Waals surface area contributed by atoms with Gasteiger partial charge in [-0.05, 0) is 43.5 Å². The Hall–Kier alpha value is -1.06. The molecule has 0 radical (unpaired) electrons. The molecule has 2 aliphatic rings. The van der Waals surface area contributed by atoms with Gasteiger partial charge < -0.3 is 15.3 Å². The second kappa shape index (κ2) is 5.29. The second-order valence-corrected chi connectivity index (χ2v) is 5.60. The molecule has 2 N–H and O–H groups in total. The number of hydrogen-bond donors (Lipinski definition) is 2. The van der Waals surface area contributed by atoms with Gasteiger partial charge in [0, 0.05) is 25.2 Å². The summed E-state index contributed by atoms with van der Waals surface area (Å²) >= 11 is 0. The SMILES string of the molecule is OC1Cc2ccccc2N(CC2CCCNC2)C1. The van der Waals surface area contributed by atoms with Crippen molar-refractivity contribution in [3.05, 3.63) is 29.8 Å². The molecular formula is C15H22N2O. The van der Waals surface area contributed by atoms with Crippen LogP contribution in [0.15, 0.2) is 24.3 Å². The van der Waals surface area contributed by atoms with Gasteiger partial charge in [-0.3, -0.25) is 0 Å². The average Bonchev–Trinajstić information content (AvgIpc) is 2.40. The first-order valence-corrected chi connectivity index (χ1v) is 7.04. The van der Waals surface area contributed by atoms with E-state index >= 15 is 0 Å². The number of benzene rings is 1. The molecule has 2 heterocycles. The summed E-state index contributed by atoms with van der Waals surface area (Å²) in [6.07, 6.45) is 3.18. The van der Waals surface area contributed by atoms with E-state index in [9.17, 15) is 5.11 Å². The number of nitrogens with one attached hydrogen (secondary N) is 1. The van der Waals surface area contributed by atoms with Gasteiger partial charge in [-0.1, -0.05) is 18.2 Å². The van der Waals surface area contributed by atoms with E-state index in [0.717, 1.165) is 38.5 Å². The Morgan fingerprint density at radius 3 is 3.06 bits per heavy atom. The van der Waals surface area contributed by atoms with Crippen LogP contribution in [0.25, 0.3) is 0 Å². The number of para-hydroxylation sites is 1. The highest BCUT2D eigenvalue weighted by Gasteiger charge is 2.25. The molecule has 0 spiro atoms. The van der Waals surface area contributed by atoms with E-state index in [1.54, 1.807) is 0 Å². The summed E-state index contributed by atoms with van der Waals surface area (Å²) in [6, 6.07) is 8.50. The van der Waals surface area contributed by atoms with Crippen LogP contribution in [-0.4, -0.2) is 37.4 Å². The highest BCUT2D eigenvalue weighted by molar-refractivity contribution is 5.56. The lowest BCUT2D eigenvalue weighted by Crippen LogP contribution is -2.44. The van der Waals surface area contributed by atoms with Crippen molar-refractivity contribution in [3.63, 3.8) is 0 Å². The number of anilines is 1. The third kappa shape index (κ3) is 2.52. The Morgan fingerprint density at radius 2 is 2.22 bits per heavy atom. The van der Waals surface area contributed by atoms with Crippen molar-refractivity contribution in [2.24, 2.45) is 5.92 Å². The Balaban J connectivity index is 1.75. The minimum Gasteiger partial charge on any atom is -0.391 e. The monoisotopic (exact) mass is 246 g/mol. The summed E-state index contributed by atoms with van der Waals surface area (Å²) in [7, 11) is 0. The Morgan fingerprint density at radius 1 is 1.33 bits per heavy atom. The van der Waals surface area contributed by atoms with Crippen LogP contribution < -0.4 is 10.2 Å². The lowest BCUT2D eigenvalue weighted by atomic mass is 9.95. The van der Waals surface area contributed by atoms with Crippen LogP contribution in [0, 0.1) is 5.92 Å². The number of fused-ring (bicyclic) bond motifs is 1. The largest absolute Gasteiger partial charge is 0.391 e. The molecule has 1 aromatic rings. The maximum atomic E-state index is 10.00. The summed E-state index contributed by atoms with van der Waals surface area (Å²) in [4.78, 5) is 2.38. The number of nitrogens with zero attached hydrogens (tertiary/aromatic N) is 1. The highest BCUT2D eigenvalue weighted by atomic mass is 16.3. The maximum Gasteiger partial charge on any atom is 0.0756 e. The molecule has 1 aromatic carbocycles. The molecule has 0 aliphatic carbocycles. The van der Waals surface area contributed by atoms with E-state index < -0.39 is 0 Å². The number of rotatable bonds is 2. The molecule has 3 nitrogen and oxygen atoms in total. The summed E-state index contributed by atoms with van der Waals surface area (Å²) in [6.45, 7) is 4.14. The van der Waals surface area contributed by atoms with Gasteiger partial charge in [0.2, 0.25) is 0 Å². The van der Waals surface area contributed by atoms with E-state index in [1.165, 1.54) is 24.1 Å². The number of β-amino-alcohol motifs (C(OH)–C–C–N with tert-alkyl or cyclic N) is 1. The highest BCUT2D eigenvalue weighted by Crippen LogP contribution is 2.28. The first-order valence-electron chi connectivity index (χ1n) is 7.04. The third-order valence-electron chi connectivity index (χ3n) is 4.10. The summed E-state index contributed by atoms with van der Waals surface area (Å²) in [5.74, 6) is 0.720. The maximum absolute atomic E-state index is 10.00. The van der Waals surface area contributed by atoms with Gasteiger partial charge in [-0.25, -0.2) is 0 Å². The van der Waals surface area contributed by atoms with Crippen LogP contribution in [0.3, 0.4) is 0 Å².